The topological polar surface area (TPSA) is 152 Å². The summed E-state index contributed by atoms with van der Waals surface area (Å²) >= 11 is 0. The molecular weight excluding hydrogens is 424 g/mol. The lowest BCUT2D eigenvalue weighted by molar-refractivity contribution is -0.277. The van der Waals surface area contributed by atoms with Gasteiger partial charge in [0, 0.05) is 11.1 Å². The molecule has 1 saturated heterocycles. The number of aliphatic hydroxyl groups is 4. The Labute approximate surface area is 183 Å². The first-order valence-corrected chi connectivity index (χ1v) is 9.69. The molecule has 0 saturated carbocycles. The highest BCUT2D eigenvalue weighted by atomic mass is 16.7. The van der Waals surface area contributed by atoms with Gasteiger partial charge in [0.2, 0.25) is 17.9 Å². The summed E-state index contributed by atoms with van der Waals surface area (Å²) in [4.78, 5) is 25.4. The van der Waals surface area contributed by atoms with Crippen molar-refractivity contribution in [2.24, 2.45) is 0 Å². The second kappa shape index (κ2) is 10.1. The summed E-state index contributed by atoms with van der Waals surface area (Å²) in [7, 11) is 2.86. The standard InChI is InChI=1S/C22H24O10/c1-29-14-7-6-12(9-15(14)30-2)18(25)17(24)11-4-3-5-13(8-11)31-22-21(28)20(27)19(26)16(10-23)32-22/h3-9,16,19-23,26-28H,10H2,1-2H3/t16-,19-,20+,21-,22-/m1/s1. The molecule has 0 radical (unpaired) electrons. The number of carbonyl (C=O) groups excluding carboxylic acids is 2. The number of hydrogen-bond acceptors (Lipinski definition) is 10. The summed E-state index contributed by atoms with van der Waals surface area (Å²) in [5.41, 5.74) is 0.125. The highest BCUT2D eigenvalue weighted by Gasteiger charge is 2.44. The molecule has 0 aromatic heterocycles. The number of Topliss-reactive ketones (excluding diaryl/α,β-unsaturated/α-hetero) is 2. The molecular formula is C22H24O10. The summed E-state index contributed by atoms with van der Waals surface area (Å²) in [6.45, 7) is -0.608. The number of rotatable bonds is 8. The first-order chi connectivity index (χ1) is 15.3. The van der Waals surface area contributed by atoms with Crippen LogP contribution in [-0.4, -0.2) is 83.5 Å². The van der Waals surface area contributed by atoms with Crippen molar-refractivity contribution >= 4 is 11.6 Å². The fraction of sp³-hybridized carbons (Fsp3) is 0.364. The lowest BCUT2D eigenvalue weighted by atomic mass is 9.99. The predicted molar refractivity (Wildman–Crippen MR) is 109 cm³/mol. The number of ketones is 2. The maximum absolute atomic E-state index is 12.7. The van der Waals surface area contributed by atoms with E-state index in [1.807, 2.05) is 0 Å². The Morgan fingerprint density at radius 1 is 0.875 bits per heavy atom. The van der Waals surface area contributed by atoms with E-state index >= 15 is 0 Å². The molecule has 5 atom stereocenters. The summed E-state index contributed by atoms with van der Waals surface area (Å²) < 4.78 is 21.1. The zero-order chi connectivity index (χ0) is 23.4. The van der Waals surface area contributed by atoms with Crippen LogP contribution in [0.1, 0.15) is 20.7 Å². The molecule has 1 heterocycles. The highest BCUT2D eigenvalue weighted by molar-refractivity contribution is 6.49. The van der Waals surface area contributed by atoms with Crippen LogP contribution in [0, 0.1) is 0 Å². The molecule has 1 fully saturated rings. The minimum atomic E-state index is -1.61. The van der Waals surface area contributed by atoms with Crippen molar-refractivity contribution in [2.75, 3.05) is 20.8 Å². The van der Waals surface area contributed by atoms with Gasteiger partial charge in [0.05, 0.1) is 20.8 Å². The van der Waals surface area contributed by atoms with E-state index in [1.54, 1.807) is 0 Å². The molecule has 3 rings (SSSR count). The van der Waals surface area contributed by atoms with Crippen LogP contribution >= 0.6 is 0 Å². The molecule has 2 aromatic rings. The van der Waals surface area contributed by atoms with Gasteiger partial charge in [-0.15, -0.1) is 0 Å². The Morgan fingerprint density at radius 2 is 1.53 bits per heavy atom. The molecule has 0 aliphatic carbocycles. The molecule has 172 valence electrons. The summed E-state index contributed by atoms with van der Waals surface area (Å²) in [6, 6.07) is 9.97. The molecule has 2 aromatic carbocycles. The number of methoxy groups -OCH3 is 2. The number of hydrogen-bond donors (Lipinski definition) is 4. The average molecular weight is 448 g/mol. The number of aliphatic hydroxyl groups excluding tert-OH is 4. The molecule has 10 heteroatoms. The SMILES string of the molecule is COc1ccc(C(=O)C(=O)c2cccc(O[C@@H]3O[C@H](CO)[C@@H](O)[C@H](O)[C@H]3O)c2)cc1OC. The fourth-order valence-electron chi connectivity index (χ4n) is 3.25. The fourth-order valence-corrected chi connectivity index (χ4v) is 3.25. The first kappa shape index (κ1) is 23.6. The predicted octanol–water partition coefficient (Wildman–Crippen LogP) is -0.0519. The minimum Gasteiger partial charge on any atom is -0.493 e. The van der Waals surface area contributed by atoms with Crippen LogP contribution < -0.4 is 14.2 Å². The van der Waals surface area contributed by atoms with E-state index in [-0.39, 0.29) is 16.9 Å². The van der Waals surface area contributed by atoms with E-state index in [2.05, 4.69) is 0 Å². The van der Waals surface area contributed by atoms with Gasteiger partial charge in [-0.05, 0) is 30.3 Å². The molecule has 0 spiro atoms. The third-order valence-electron chi connectivity index (χ3n) is 5.05. The van der Waals surface area contributed by atoms with Crippen molar-refractivity contribution in [3.63, 3.8) is 0 Å². The molecule has 32 heavy (non-hydrogen) atoms. The largest absolute Gasteiger partial charge is 0.493 e. The van der Waals surface area contributed by atoms with Gasteiger partial charge in [0.25, 0.3) is 0 Å². The smallest absolute Gasteiger partial charge is 0.233 e. The van der Waals surface area contributed by atoms with Gasteiger partial charge in [-0.25, -0.2) is 0 Å². The Bertz CT molecular complexity index is 973. The lowest BCUT2D eigenvalue weighted by Crippen LogP contribution is -2.60. The van der Waals surface area contributed by atoms with E-state index in [0.717, 1.165) is 0 Å². The van der Waals surface area contributed by atoms with Crippen LogP contribution in [0.15, 0.2) is 42.5 Å². The van der Waals surface area contributed by atoms with Gasteiger partial charge in [0.15, 0.2) is 11.5 Å². The molecule has 0 amide bonds. The molecule has 1 aliphatic heterocycles. The van der Waals surface area contributed by atoms with E-state index in [1.165, 1.54) is 56.7 Å². The Kier molecular flexibility index (Phi) is 7.44. The van der Waals surface area contributed by atoms with E-state index in [9.17, 15) is 30.0 Å². The van der Waals surface area contributed by atoms with Crippen molar-refractivity contribution in [1.82, 2.24) is 0 Å². The molecule has 0 unspecified atom stereocenters. The quantitative estimate of drug-likeness (QED) is 0.319. The second-order valence-corrected chi connectivity index (χ2v) is 7.07. The second-order valence-electron chi connectivity index (χ2n) is 7.07. The zero-order valence-corrected chi connectivity index (χ0v) is 17.4. The first-order valence-electron chi connectivity index (χ1n) is 9.69. The van der Waals surface area contributed by atoms with Crippen molar-refractivity contribution in [3.8, 4) is 17.2 Å². The van der Waals surface area contributed by atoms with Crippen LogP contribution in [0.3, 0.4) is 0 Å². The summed E-state index contributed by atoms with van der Waals surface area (Å²) in [5, 5.41) is 39.1. The average Bonchev–Trinajstić information content (AvgIpc) is 2.83. The maximum atomic E-state index is 12.7. The Hall–Kier alpha value is -3.02. The third kappa shape index (κ3) is 4.74. The van der Waals surface area contributed by atoms with Crippen molar-refractivity contribution in [1.29, 1.82) is 0 Å². The summed E-state index contributed by atoms with van der Waals surface area (Å²) in [6.07, 6.45) is -7.31. The summed E-state index contributed by atoms with van der Waals surface area (Å²) in [5.74, 6) is -0.815. The van der Waals surface area contributed by atoms with Crippen LogP contribution in [0.2, 0.25) is 0 Å². The normalized spacial score (nSPS) is 25.1. The van der Waals surface area contributed by atoms with Crippen LogP contribution in [0.4, 0.5) is 0 Å². The Morgan fingerprint density at radius 3 is 2.16 bits per heavy atom. The number of ether oxygens (including phenoxy) is 4. The van der Waals surface area contributed by atoms with Crippen molar-refractivity contribution in [3.05, 3.63) is 53.6 Å². The van der Waals surface area contributed by atoms with E-state index in [4.69, 9.17) is 18.9 Å². The van der Waals surface area contributed by atoms with Gasteiger partial charge in [-0.2, -0.15) is 0 Å². The van der Waals surface area contributed by atoms with Gasteiger partial charge in [-0.3, -0.25) is 9.59 Å². The highest BCUT2D eigenvalue weighted by Crippen LogP contribution is 2.29. The van der Waals surface area contributed by atoms with Crippen molar-refractivity contribution < 1.29 is 49.0 Å². The van der Waals surface area contributed by atoms with Gasteiger partial charge in [0.1, 0.15) is 30.2 Å². The number of benzene rings is 2. The van der Waals surface area contributed by atoms with E-state index in [0.29, 0.717) is 11.5 Å². The molecule has 1 aliphatic rings. The minimum absolute atomic E-state index is 0.0203. The molecule has 4 N–H and O–H groups in total. The molecule has 0 bridgehead atoms. The van der Waals surface area contributed by atoms with Crippen LogP contribution in [0.5, 0.6) is 17.2 Å². The lowest BCUT2D eigenvalue weighted by Gasteiger charge is -2.39. The monoisotopic (exact) mass is 448 g/mol. The van der Waals surface area contributed by atoms with E-state index < -0.39 is 48.9 Å². The van der Waals surface area contributed by atoms with Crippen LogP contribution in [-0.2, 0) is 4.74 Å². The number of carbonyl (C=O) groups is 2. The Balaban J connectivity index is 1.78. The van der Waals surface area contributed by atoms with Gasteiger partial charge < -0.3 is 39.4 Å². The third-order valence-corrected chi connectivity index (χ3v) is 5.05. The van der Waals surface area contributed by atoms with Crippen LogP contribution in [0.25, 0.3) is 0 Å². The van der Waals surface area contributed by atoms with Gasteiger partial charge in [-0.1, -0.05) is 12.1 Å². The zero-order valence-electron chi connectivity index (χ0n) is 17.4. The van der Waals surface area contributed by atoms with Crippen molar-refractivity contribution in [2.45, 2.75) is 30.7 Å². The maximum Gasteiger partial charge on any atom is 0.233 e. The molecule has 10 nitrogen and oxygen atoms in total. The van der Waals surface area contributed by atoms with Gasteiger partial charge >= 0.3 is 0 Å².